The highest BCUT2D eigenvalue weighted by Crippen LogP contribution is 2.40. The van der Waals surface area contributed by atoms with Crippen LogP contribution in [0.2, 0.25) is 0 Å². The molecule has 3 aliphatic heterocycles. The van der Waals surface area contributed by atoms with E-state index in [0.717, 1.165) is 108 Å². The van der Waals surface area contributed by atoms with Crippen LogP contribution < -0.4 is 4.74 Å². The van der Waals surface area contributed by atoms with Crippen molar-refractivity contribution in [2.45, 2.75) is 63.7 Å². The highest BCUT2D eigenvalue weighted by Gasteiger charge is 2.40. The van der Waals surface area contributed by atoms with Gasteiger partial charge in [0.1, 0.15) is 0 Å². The second kappa shape index (κ2) is 11.1. The molecule has 2 amide bonds. The summed E-state index contributed by atoms with van der Waals surface area (Å²) < 4.78 is 11.6. The molecule has 10 heteroatoms. The number of carbonyl (C=O) groups is 2. The Bertz CT molecular complexity index is 1220. The van der Waals surface area contributed by atoms with Crippen molar-refractivity contribution in [3.63, 3.8) is 0 Å². The number of pyridine rings is 1. The Morgan fingerprint density at radius 2 is 1.75 bits per heavy atom. The molecule has 0 radical (unpaired) electrons. The quantitative estimate of drug-likeness (QED) is 0.590. The van der Waals surface area contributed by atoms with Crippen molar-refractivity contribution in [1.82, 2.24) is 30.2 Å². The Morgan fingerprint density at radius 3 is 2.50 bits per heavy atom. The van der Waals surface area contributed by atoms with Gasteiger partial charge in [-0.25, -0.2) is 4.98 Å². The molecule has 1 saturated carbocycles. The zero-order chi connectivity index (χ0) is 27.1. The minimum Gasteiger partial charge on any atom is -0.477 e. The van der Waals surface area contributed by atoms with E-state index in [0.29, 0.717) is 48.1 Å². The van der Waals surface area contributed by atoms with E-state index in [2.05, 4.69) is 20.3 Å². The van der Waals surface area contributed by atoms with Crippen molar-refractivity contribution in [3.8, 4) is 5.88 Å². The zero-order valence-corrected chi connectivity index (χ0v) is 23.2. The van der Waals surface area contributed by atoms with E-state index in [9.17, 15) is 9.59 Å². The summed E-state index contributed by atoms with van der Waals surface area (Å²) in [6, 6.07) is 3.85. The number of aromatic amines is 1. The van der Waals surface area contributed by atoms with Crippen LogP contribution in [-0.2, 0) is 22.4 Å². The molecule has 2 aromatic heterocycles. The molecule has 214 valence electrons. The summed E-state index contributed by atoms with van der Waals surface area (Å²) >= 11 is 0. The van der Waals surface area contributed by atoms with Gasteiger partial charge in [0, 0.05) is 75.0 Å². The Labute approximate surface area is 235 Å². The second-order valence-electron chi connectivity index (χ2n) is 12.6. The SMILES string of the molecule is O=C(c1cc(OCC2CCOCC2)nc(C2CC2)c1)N1CC[C@@H]2CN(C(=O)[C@H]3CCc4[nH]nnc4C3)C[C@@H]2CC1. The van der Waals surface area contributed by atoms with E-state index < -0.39 is 0 Å². The van der Waals surface area contributed by atoms with Crippen LogP contribution in [-0.4, -0.2) is 88.0 Å². The smallest absolute Gasteiger partial charge is 0.254 e. The molecule has 3 atom stereocenters. The van der Waals surface area contributed by atoms with E-state index in [1.165, 1.54) is 0 Å². The fourth-order valence-electron chi connectivity index (χ4n) is 7.10. The second-order valence-corrected chi connectivity index (χ2v) is 12.6. The van der Waals surface area contributed by atoms with Gasteiger partial charge in [-0.1, -0.05) is 5.21 Å². The van der Waals surface area contributed by atoms with Crippen LogP contribution in [0.3, 0.4) is 0 Å². The summed E-state index contributed by atoms with van der Waals surface area (Å²) in [4.78, 5) is 36.0. The number of carbonyl (C=O) groups excluding carboxylic acids is 2. The number of rotatable bonds is 6. The third-order valence-electron chi connectivity index (χ3n) is 9.82. The maximum atomic E-state index is 13.7. The van der Waals surface area contributed by atoms with Gasteiger partial charge in [-0.2, -0.15) is 0 Å². The van der Waals surface area contributed by atoms with E-state index in [-0.39, 0.29) is 17.7 Å². The Morgan fingerprint density at radius 1 is 0.975 bits per heavy atom. The minimum absolute atomic E-state index is 0.00762. The van der Waals surface area contributed by atoms with E-state index in [4.69, 9.17) is 14.5 Å². The lowest BCUT2D eigenvalue weighted by atomic mass is 9.89. The number of aromatic nitrogens is 4. The molecule has 5 aliphatic rings. The molecule has 2 aromatic rings. The first-order valence-corrected chi connectivity index (χ1v) is 15.3. The van der Waals surface area contributed by atoms with Crippen molar-refractivity contribution in [2.24, 2.45) is 23.7 Å². The van der Waals surface area contributed by atoms with Crippen LogP contribution in [0.15, 0.2) is 12.1 Å². The molecule has 7 rings (SSSR count). The molecule has 5 heterocycles. The Kier molecular flexibility index (Phi) is 7.20. The summed E-state index contributed by atoms with van der Waals surface area (Å²) in [5.41, 5.74) is 3.73. The number of hydrogen-bond donors (Lipinski definition) is 1. The Hall–Kier alpha value is -3.01. The molecule has 0 aromatic carbocycles. The minimum atomic E-state index is 0.00762. The van der Waals surface area contributed by atoms with Crippen LogP contribution >= 0.6 is 0 Å². The van der Waals surface area contributed by atoms with Gasteiger partial charge in [-0.15, -0.1) is 5.10 Å². The van der Waals surface area contributed by atoms with Gasteiger partial charge in [0.05, 0.1) is 18.0 Å². The number of nitrogens with zero attached hydrogens (tertiary/aromatic N) is 5. The molecular weight excluding hydrogens is 508 g/mol. The van der Waals surface area contributed by atoms with E-state index in [1.807, 2.05) is 17.0 Å². The van der Waals surface area contributed by atoms with Crippen LogP contribution in [0.25, 0.3) is 0 Å². The van der Waals surface area contributed by atoms with Crippen LogP contribution in [0.5, 0.6) is 5.88 Å². The standard InChI is InChI=1S/C30H40N6O4/c37-29(21-3-4-25-27(13-21)33-34-32-25)36-16-22-5-9-35(10-6-23(22)17-36)30(38)24-14-26(20-1-2-20)31-28(15-24)40-18-19-7-11-39-12-8-19/h14-15,19-23H,1-13,16-18H2,(H,32,33,34)/t21-,22-,23+/m0/s1. The molecule has 4 fully saturated rings. The molecule has 0 spiro atoms. The van der Waals surface area contributed by atoms with Crippen molar-refractivity contribution >= 4 is 11.8 Å². The molecule has 10 nitrogen and oxygen atoms in total. The largest absolute Gasteiger partial charge is 0.477 e. The van der Waals surface area contributed by atoms with Crippen LogP contribution in [0.4, 0.5) is 0 Å². The fraction of sp³-hybridized carbons (Fsp3) is 0.700. The summed E-state index contributed by atoms with van der Waals surface area (Å²) in [6.07, 6.45) is 8.55. The van der Waals surface area contributed by atoms with Crippen LogP contribution in [0, 0.1) is 23.7 Å². The van der Waals surface area contributed by atoms with Crippen LogP contribution in [0.1, 0.15) is 78.3 Å². The van der Waals surface area contributed by atoms with Crippen molar-refractivity contribution in [3.05, 3.63) is 34.8 Å². The molecule has 0 unspecified atom stereocenters. The molecule has 3 saturated heterocycles. The monoisotopic (exact) mass is 548 g/mol. The summed E-state index contributed by atoms with van der Waals surface area (Å²) in [5.74, 6) is 2.77. The summed E-state index contributed by atoms with van der Waals surface area (Å²) in [5, 5.41) is 11.0. The maximum Gasteiger partial charge on any atom is 0.254 e. The van der Waals surface area contributed by atoms with E-state index >= 15 is 0 Å². The van der Waals surface area contributed by atoms with Crippen molar-refractivity contribution in [1.29, 1.82) is 0 Å². The zero-order valence-electron chi connectivity index (χ0n) is 23.2. The van der Waals surface area contributed by atoms with Gasteiger partial charge in [0.2, 0.25) is 11.8 Å². The predicted octanol–water partition coefficient (Wildman–Crippen LogP) is 3.00. The third-order valence-corrected chi connectivity index (χ3v) is 9.82. The van der Waals surface area contributed by atoms with Gasteiger partial charge in [0.15, 0.2) is 0 Å². The number of aryl methyl sites for hydroxylation is 1. The van der Waals surface area contributed by atoms with Gasteiger partial charge >= 0.3 is 0 Å². The summed E-state index contributed by atoms with van der Waals surface area (Å²) in [6.45, 7) is 5.28. The van der Waals surface area contributed by atoms with Gasteiger partial charge in [-0.3, -0.25) is 14.7 Å². The number of fused-ring (bicyclic) bond motifs is 2. The first-order valence-electron chi connectivity index (χ1n) is 15.3. The molecule has 1 N–H and O–H groups in total. The number of ether oxygens (including phenoxy) is 2. The lowest BCUT2D eigenvalue weighted by Gasteiger charge is -2.27. The number of H-pyrrole nitrogens is 1. The predicted molar refractivity (Wildman–Crippen MR) is 146 cm³/mol. The average molecular weight is 549 g/mol. The summed E-state index contributed by atoms with van der Waals surface area (Å²) in [7, 11) is 0. The van der Waals surface area contributed by atoms with Gasteiger partial charge < -0.3 is 19.3 Å². The molecule has 0 bridgehead atoms. The molecular formula is C30H40N6O4. The number of hydrogen-bond acceptors (Lipinski definition) is 7. The first kappa shape index (κ1) is 25.9. The van der Waals surface area contributed by atoms with E-state index in [1.54, 1.807) is 0 Å². The fourth-order valence-corrected chi connectivity index (χ4v) is 7.10. The number of nitrogens with one attached hydrogen (secondary N) is 1. The number of amides is 2. The number of likely N-dealkylation sites (tertiary alicyclic amines) is 2. The topological polar surface area (TPSA) is 114 Å². The highest BCUT2D eigenvalue weighted by atomic mass is 16.5. The normalized spacial score (nSPS) is 27.1. The first-order chi connectivity index (χ1) is 19.6. The molecule has 2 aliphatic carbocycles. The lowest BCUT2D eigenvalue weighted by Crippen LogP contribution is -2.38. The van der Waals surface area contributed by atoms with Gasteiger partial charge in [0.25, 0.3) is 5.91 Å². The average Bonchev–Trinajstić information content (AvgIpc) is 3.66. The van der Waals surface area contributed by atoms with Crippen molar-refractivity contribution in [2.75, 3.05) is 46.0 Å². The maximum absolute atomic E-state index is 13.7. The van der Waals surface area contributed by atoms with Crippen molar-refractivity contribution < 1.29 is 19.1 Å². The Balaban J connectivity index is 0.969. The highest BCUT2D eigenvalue weighted by molar-refractivity contribution is 5.94. The molecule has 40 heavy (non-hydrogen) atoms. The third kappa shape index (κ3) is 5.47. The van der Waals surface area contributed by atoms with Gasteiger partial charge in [-0.05, 0) is 75.2 Å². The lowest BCUT2D eigenvalue weighted by molar-refractivity contribution is -0.135.